The van der Waals surface area contributed by atoms with Gasteiger partial charge in [-0.1, -0.05) is 6.92 Å². The quantitative estimate of drug-likeness (QED) is 0.848. The third kappa shape index (κ3) is 2.17. The van der Waals surface area contributed by atoms with E-state index >= 15 is 0 Å². The highest BCUT2D eigenvalue weighted by molar-refractivity contribution is 5.46. The minimum atomic E-state index is 0.289. The summed E-state index contributed by atoms with van der Waals surface area (Å²) in [7, 11) is 0. The molecule has 2 aliphatic rings. The Bertz CT molecular complexity index is 408. The Morgan fingerprint density at radius 1 is 1.29 bits per heavy atom. The molecule has 2 unspecified atom stereocenters. The van der Waals surface area contributed by atoms with E-state index in [1.807, 2.05) is 18.2 Å². The molecule has 0 spiro atoms. The van der Waals surface area contributed by atoms with Gasteiger partial charge in [0.25, 0.3) is 0 Å². The molecule has 2 atom stereocenters. The predicted molar refractivity (Wildman–Crippen MR) is 63.6 cm³/mol. The van der Waals surface area contributed by atoms with Crippen LogP contribution in [0.5, 0.6) is 17.2 Å². The number of rotatable bonds is 2. The fourth-order valence-corrected chi connectivity index (χ4v) is 2.29. The summed E-state index contributed by atoms with van der Waals surface area (Å²) in [5.41, 5.74) is 0. The molecule has 17 heavy (non-hydrogen) atoms. The average molecular weight is 235 g/mol. The number of hydrogen-bond donors (Lipinski definition) is 1. The van der Waals surface area contributed by atoms with E-state index in [0.29, 0.717) is 12.7 Å². The van der Waals surface area contributed by atoms with Crippen LogP contribution in [-0.2, 0) is 0 Å². The van der Waals surface area contributed by atoms with E-state index in [0.717, 1.165) is 36.8 Å². The maximum atomic E-state index is 6.02. The largest absolute Gasteiger partial charge is 0.490 e. The van der Waals surface area contributed by atoms with Gasteiger partial charge in [0.2, 0.25) is 6.79 Å². The van der Waals surface area contributed by atoms with E-state index in [2.05, 4.69) is 12.2 Å². The van der Waals surface area contributed by atoms with E-state index in [4.69, 9.17) is 14.2 Å². The smallest absolute Gasteiger partial charge is 0.231 e. The molecule has 0 aromatic heterocycles. The molecule has 1 saturated heterocycles. The molecule has 4 heteroatoms. The van der Waals surface area contributed by atoms with Crippen molar-refractivity contribution in [1.29, 1.82) is 0 Å². The maximum absolute atomic E-state index is 6.02. The first-order valence-electron chi connectivity index (χ1n) is 6.10. The lowest BCUT2D eigenvalue weighted by Gasteiger charge is -2.30. The van der Waals surface area contributed by atoms with Gasteiger partial charge in [-0.05, 0) is 25.1 Å². The Morgan fingerprint density at radius 2 is 2.18 bits per heavy atom. The number of benzene rings is 1. The van der Waals surface area contributed by atoms with Crippen molar-refractivity contribution >= 4 is 0 Å². The number of piperidine rings is 1. The highest BCUT2D eigenvalue weighted by atomic mass is 16.7. The van der Waals surface area contributed by atoms with Gasteiger partial charge >= 0.3 is 0 Å². The summed E-state index contributed by atoms with van der Waals surface area (Å²) in [5.74, 6) is 2.99. The maximum Gasteiger partial charge on any atom is 0.231 e. The van der Waals surface area contributed by atoms with Crippen LogP contribution in [0.25, 0.3) is 0 Å². The van der Waals surface area contributed by atoms with Crippen LogP contribution in [0.1, 0.15) is 13.3 Å². The van der Waals surface area contributed by atoms with E-state index < -0.39 is 0 Å². The van der Waals surface area contributed by atoms with E-state index in [9.17, 15) is 0 Å². The molecule has 0 saturated carbocycles. The van der Waals surface area contributed by atoms with Crippen LogP contribution in [-0.4, -0.2) is 26.0 Å². The summed E-state index contributed by atoms with van der Waals surface area (Å²) >= 11 is 0. The molecule has 1 fully saturated rings. The molecule has 4 nitrogen and oxygen atoms in total. The van der Waals surface area contributed by atoms with Crippen LogP contribution in [0.15, 0.2) is 18.2 Å². The summed E-state index contributed by atoms with van der Waals surface area (Å²) in [4.78, 5) is 0. The molecule has 2 heterocycles. The molecule has 0 aliphatic carbocycles. The zero-order valence-electron chi connectivity index (χ0n) is 9.94. The summed E-state index contributed by atoms with van der Waals surface area (Å²) in [6, 6.07) is 5.77. The molecule has 92 valence electrons. The van der Waals surface area contributed by atoms with Gasteiger partial charge in [-0.25, -0.2) is 0 Å². The van der Waals surface area contributed by atoms with Crippen LogP contribution >= 0.6 is 0 Å². The third-order valence-corrected chi connectivity index (χ3v) is 3.34. The second kappa shape index (κ2) is 4.45. The Morgan fingerprint density at radius 3 is 3.06 bits per heavy atom. The van der Waals surface area contributed by atoms with Crippen LogP contribution in [0.2, 0.25) is 0 Å². The van der Waals surface area contributed by atoms with Gasteiger partial charge in [-0.15, -0.1) is 0 Å². The highest BCUT2D eigenvalue weighted by Crippen LogP contribution is 2.35. The van der Waals surface area contributed by atoms with Gasteiger partial charge in [-0.2, -0.15) is 0 Å². The Hall–Kier alpha value is -1.42. The van der Waals surface area contributed by atoms with Crippen molar-refractivity contribution in [3.8, 4) is 17.2 Å². The third-order valence-electron chi connectivity index (χ3n) is 3.34. The molecule has 0 radical (unpaired) electrons. The minimum Gasteiger partial charge on any atom is -0.490 e. The topological polar surface area (TPSA) is 39.7 Å². The number of ether oxygens (including phenoxy) is 3. The van der Waals surface area contributed by atoms with Crippen molar-refractivity contribution in [1.82, 2.24) is 5.32 Å². The van der Waals surface area contributed by atoms with E-state index in [1.165, 1.54) is 0 Å². The average Bonchev–Trinajstić information content (AvgIpc) is 2.79. The minimum absolute atomic E-state index is 0.289. The lowest BCUT2D eigenvalue weighted by Crippen LogP contribution is -2.41. The van der Waals surface area contributed by atoms with Crippen LogP contribution in [0.4, 0.5) is 0 Å². The first-order valence-corrected chi connectivity index (χ1v) is 6.10. The summed E-state index contributed by atoms with van der Waals surface area (Å²) in [6.45, 7) is 4.57. The molecule has 1 aromatic carbocycles. The lowest BCUT2D eigenvalue weighted by atomic mass is 9.98. The zero-order chi connectivity index (χ0) is 11.7. The highest BCUT2D eigenvalue weighted by Gasteiger charge is 2.23. The summed E-state index contributed by atoms with van der Waals surface area (Å²) in [6.07, 6.45) is 1.34. The fourth-order valence-electron chi connectivity index (χ4n) is 2.29. The molecule has 2 aliphatic heterocycles. The van der Waals surface area contributed by atoms with Crippen LogP contribution in [0.3, 0.4) is 0 Å². The van der Waals surface area contributed by atoms with Crippen molar-refractivity contribution in [2.24, 2.45) is 5.92 Å². The Balaban J connectivity index is 1.72. The van der Waals surface area contributed by atoms with Gasteiger partial charge in [-0.3, -0.25) is 0 Å². The second-order valence-electron chi connectivity index (χ2n) is 4.64. The standard InChI is InChI=1S/C13H17NO3/c1-9-7-14-5-4-11(9)17-10-2-3-12-13(6-10)16-8-15-12/h2-3,6,9,11,14H,4-5,7-8H2,1H3. The van der Waals surface area contributed by atoms with Crippen molar-refractivity contribution in [2.75, 3.05) is 19.9 Å². The molecule has 1 N–H and O–H groups in total. The Kier molecular flexibility index (Phi) is 2.81. The monoisotopic (exact) mass is 235 g/mol. The predicted octanol–water partition coefficient (Wildman–Crippen LogP) is 1.79. The second-order valence-corrected chi connectivity index (χ2v) is 4.64. The molecular weight excluding hydrogens is 218 g/mol. The van der Waals surface area contributed by atoms with Crippen LogP contribution in [0, 0.1) is 5.92 Å². The van der Waals surface area contributed by atoms with Crippen molar-refractivity contribution in [2.45, 2.75) is 19.4 Å². The van der Waals surface area contributed by atoms with Gasteiger partial charge in [0, 0.05) is 18.5 Å². The lowest BCUT2D eigenvalue weighted by molar-refractivity contribution is 0.111. The first kappa shape index (κ1) is 10.7. The van der Waals surface area contributed by atoms with Gasteiger partial charge in [0.15, 0.2) is 11.5 Å². The van der Waals surface area contributed by atoms with E-state index in [1.54, 1.807) is 0 Å². The first-order chi connectivity index (χ1) is 8.33. The fraction of sp³-hybridized carbons (Fsp3) is 0.538. The molecule has 1 aromatic rings. The van der Waals surface area contributed by atoms with Gasteiger partial charge < -0.3 is 19.5 Å². The number of nitrogens with one attached hydrogen (secondary N) is 1. The number of fused-ring (bicyclic) bond motifs is 1. The van der Waals surface area contributed by atoms with Crippen molar-refractivity contribution in [3.63, 3.8) is 0 Å². The van der Waals surface area contributed by atoms with Crippen molar-refractivity contribution < 1.29 is 14.2 Å². The van der Waals surface area contributed by atoms with Crippen LogP contribution < -0.4 is 19.5 Å². The normalized spacial score (nSPS) is 26.9. The molecule has 0 bridgehead atoms. The summed E-state index contributed by atoms with van der Waals surface area (Å²) in [5, 5.41) is 3.37. The van der Waals surface area contributed by atoms with E-state index in [-0.39, 0.29) is 6.10 Å². The molecular formula is C13H17NO3. The SMILES string of the molecule is CC1CNCCC1Oc1ccc2c(c1)OCO2. The zero-order valence-corrected chi connectivity index (χ0v) is 9.94. The van der Waals surface area contributed by atoms with Gasteiger partial charge in [0.05, 0.1) is 0 Å². The number of hydrogen-bond acceptors (Lipinski definition) is 4. The summed E-state index contributed by atoms with van der Waals surface area (Å²) < 4.78 is 16.6. The molecule has 3 rings (SSSR count). The Labute approximate surface area is 101 Å². The van der Waals surface area contributed by atoms with Gasteiger partial charge in [0.1, 0.15) is 11.9 Å². The van der Waals surface area contributed by atoms with Crippen molar-refractivity contribution in [3.05, 3.63) is 18.2 Å². The molecule has 0 amide bonds.